The van der Waals surface area contributed by atoms with Gasteiger partial charge in [-0.2, -0.15) is 0 Å². The minimum absolute atomic E-state index is 0.125. The minimum atomic E-state index is -0.530. The fourth-order valence-electron chi connectivity index (χ4n) is 1.78. The van der Waals surface area contributed by atoms with Crippen molar-refractivity contribution in [3.63, 3.8) is 0 Å². The number of hydrogen-bond acceptors (Lipinski definition) is 6. The Morgan fingerprint density at radius 1 is 1.24 bits per heavy atom. The quantitative estimate of drug-likeness (QED) is 0.669. The van der Waals surface area contributed by atoms with Gasteiger partial charge in [0.2, 0.25) is 0 Å². The van der Waals surface area contributed by atoms with Gasteiger partial charge in [0.15, 0.2) is 11.5 Å². The number of benzene rings is 1. The lowest BCUT2D eigenvalue weighted by Crippen LogP contribution is -2.09. The third-order valence-electron chi connectivity index (χ3n) is 2.87. The van der Waals surface area contributed by atoms with Gasteiger partial charge in [0, 0.05) is 30.1 Å². The molecule has 0 fully saturated rings. The fraction of sp³-hybridized carbons (Fsp3) is 0.200. The lowest BCUT2D eigenvalue weighted by atomic mass is 10.1. The Bertz CT molecular complexity index is 629. The van der Waals surface area contributed by atoms with Crippen LogP contribution in [0.5, 0.6) is 11.5 Å². The van der Waals surface area contributed by atoms with E-state index in [4.69, 9.17) is 19.9 Å². The molecule has 0 saturated carbocycles. The maximum atomic E-state index is 12.1. The number of esters is 1. The van der Waals surface area contributed by atoms with Gasteiger partial charge in [0.1, 0.15) is 6.61 Å². The number of hydrogen-bond donors (Lipinski definition) is 1. The number of nitrogens with zero attached hydrogens (tertiary/aromatic N) is 1. The van der Waals surface area contributed by atoms with Crippen molar-refractivity contribution in [1.82, 2.24) is 4.98 Å². The van der Waals surface area contributed by atoms with Crippen LogP contribution in [0.25, 0.3) is 0 Å². The number of nitrogens with two attached hydrogens (primary N) is 1. The van der Waals surface area contributed by atoms with Crippen molar-refractivity contribution in [2.24, 2.45) is 0 Å². The molecule has 0 aliphatic carbocycles. The van der Waals surface area contributed by atoms with Gasteiger partial charge in [0.05, 0.1) is 25.5 Å². The zero-order valence-corrected chi connectivity index (χ0v) is 11.8. The highest BCUT2D eigenvalue weighted by Gasteiger charge is 2.16. The second-order valence-corrected chi connectivity index (χ2v) is 4.23. The molecule has 1 heterocycles. The van der Waals surface area contributed by atoms with Crippen LogP contribution in [0.15, 0.2) is 36.7 Å². The van der Waals surface area contributed by atoms with Crippen LogP contribution < -0.4 is 15.2 Å². The molecule has 0 bridgehead atoms. The summed E-state index contributed by atoms with van der Waals surface area (Å²) in [4.78, 5) is 16.0. The van der Waals surface area contributed by atoms with Crippen molar-refractivity contribution in [2.75, 3.05) is 20.0 Å². The van der Waals surface area contributed by atoms with Gasteiger partial charge in [0.25, 0.3) is 0 Å². The number of anilines is 1. The highest BCUT2D eigenvalue weighted by molar-refractivity contribution is 5.96. The number of aromatic nitrogens is 1. The largest absolute Gasteiger partial charge is 0.493 e. The Morgan fingerprint density at radius 3 is 2.57 bits per heavy atom. The van der Waals surface area contributed by atoms with Gasteiger partial charge in [-0.3, -0.25) is 4.98 Å². The Labute approximate surface area is 122 Å². The van der Waals surface area contributed by atoms with E-state index in [1.807, 2.05) is 6.07 Å². The normalized spacial score (nSPS) is 10.0. The first-order valence-corrected chi connectivity index (χ1v) is 6.23. The van der Waals surface area contributed by atoms with Crippen molar-refractivity contribution >= 4 is 11.7 Å². The molecule has 2 aromatic rings. The van der Waals surface area contributed by atoms with Crippen LogP contribution in [0.3, 0.4) is 0 Å². The molecule has 6 heteroatoms. The number of nitrogen functional groups attached to an aromatic ring is 1. The smallest absolute Gasteiger partial charge is 0.340 e. The summed E-state index contributed by atoms with van der Waals surface area (Å²) in [6, 6.07) is 6.62. The summed E-state index contributed by atoms with van der Waals surface area (Å²) in [5.74, 6) is 0.344. The van der Waals surface area contributed by atoms with Crippen LogP contribution in [0.2, 0.25) is 0 Å². The molecule has 0 saturated heterocycles. The van der Waals surface area contributed by atoms with Gasteiger partial charge in [-0.15, -0.1) is 0 Å². The van der Waals surface area contributed by atoms with Crippen LogP contribution in [0.1, 0.15) is 15.9 Å². The Balaban J connectivity index is 2.15. The molecule has 0 unspecified atom stereocenters. The topological polar surface area (TPSA) is 83.7 Å². The van der Waals surface area contributed by atoms with E-state index >= 15 is 0 Å². The van der Waals surface area contributed by atoms with E-state index in [1.165, 1.54) is 26.4 Å². The van der Waals surface area contributed by atoms with Crippen LogP contribution in [0, 0.1) is 0 Å². The molecule has 0 atom stereocenters. The molecule has 21 heavy (non-hydrogen) atoms. The second kappa shape index (κ2) is 6.60. The van der Waals surface area contributed by atoms with Crippen molar-refractivity contribution < 1.29 is 19.0 Å². The number of carbonyl (C=O) groups is 1. The van der Waals surface area contributed by atoms with E-state index in [2.05, 4.69) is 4.98 Å². The molecule has 6 nitrogen and oxygen atoms in total. The summed E-state index contributed by atoms with van der Waals surface area (Å²) < 4.78 is 15.5. The van der Waals surface area contributed by atoms with Crippen LogP contribution >= 0.6 is 0 Å². The van der Waals surface area contributed by atoms with E-state index in [0.717, 1.165) is 5.56 Å². The number of rotatable bonds is 5. The van der Waals surface area contributed by atoms with Gasteiger partial charge >= 0.3 is 5.97 Å². The van der Waals surface area contributed by atoms with E-state index in [0.29, 0.717) is 11.5 Å². The Hall–Kier alpha value is -2.76. The predicted octanol–water partition coefficient (Wildman–Crippen LogP) is 2.04. The molecule has 0 aliphatic rings. The third-order valence-corrected chi connectivity index (χ3v) is 2.87. The SMILES string of the molecule is COc1cc(N)c(C(=O)OCc2cccnc2)cc1OC. The van der Waals surface area contributed by atoms with Crippen molar-refractivity contribution in [2.45, 2.75) is 6.61 Å². The highest BCUT2D eigenvalue weighted by Crippen LogP contribution is 2.32. The van der Waals surface area contributed by atoms with Gasteiger partial charge in [-0.1, -0.05) is 6.07 Å². The average Bonchev–Trinajstić information content (AvgIpc) is 2.53. The van der Waals surface area contributed by atoms with Gasteiger partial charge in [-0.05, 0) is 6.07 Å². The number of ether oxygens (including phenoxy) is 3. The summed E-state index contributed by atoms with van der Waals surface area (Å²) in [7, 11) is 2.98. The maximum Gasteiger partial charge on any atom is 0.340 e. The lowest BCUT2D eigenvalue weighted by molar-refractivity contribution is 0.0473. The minimum Gasteiger partial charge on any atom is -0.493 e. The van der Waals surface area contributed by atoms with Crippen LogP contribution in [-0.2, 0) is 11.3 Å². The van der Waals surface area contributed by atoms with Crippen molar-refractivity contribution in [1.29, 1.82) is 0 Å². The molecule has 1 aromatic heterocycles. The number of carbonyl (C=O) groups excluding carboxylic acids is 1. The first kappa shape index (κ1) is 14.6. The summed E-state index contributed by atoms with van der Waals surface area (Å²) in [6.45, 7) is 0.125. The van der Waals surface area contributed by atoms with Crippen LogP contribution in [-0.4, -0.2) is 25.2 Å². The van der Waals surface area contributed by atoms with Crippen molar-refractivity contribution in [3.05, 3.63) is 47.8 Å². The average molecular weight is 288 g/mol. The lowest BCUT2D eigenvalue weighted by Gasteiger charge is -2.12. The van der Waals surface area contributed by atoms with E-state index in [1.54, 1.807) is 18.5 Å². The fourth-order valence-corrected chi connectivity index (χ4v) is 1.78. The van der Waals surface area contributed by atoms with E-state index < -0.39 is 5.97 Å². The second-order valence-electron chi connectivity index (χ2n) is 4.23. The molecule has 0 radical (unpaired) electrons. The molecule has 0 spiro atoms. The Kier molecular flexibility index (Phi) is 4.61. The number of pyridine rings is 1. The molecule has 2 N–H and O–H groups in total. The molecule has 1 aromatic carbocycles. The predicted molar refractivity (Wildman–Crippen MR) is 77.3 cm³/mol. The first-order valence-electron chi connectivity index (χ1n) is 6.23. The molecular weight excluding hydrogens is 272 g/mol. The maximum absolute atomic E-state index is 12.1. The summed E-state index contributed by atoms with van der Waals surface area (Å²) in [6.07, 6.45) is 3.28. The highest BCUT2D eigenvalue weighted by atomic mass is 16.5. The summed E-state index contributed by atoms with van der Waals surface area (Å²) >= 11 is 0. The first-order chi connectivity index (χ1) is 10.2. The Morgan fingerprint density at radius 2 is 1.95 bits per heavy atom. The zero-order chi connectivity index (χ0) is 15.2. The van der Waals surface area contributed by atoms with Crippen LogP contribution in [0.4, 0.5) is 5.69 Å². The van der Waals surface area contributed by atoms with Crippen molar-refractivity contribution in [3.8, 4) is 11.5 Å². The van der Waals surface area contributed by atoms with Gasteiger partial charge in [-0.25, -0.2) is 4.79 Å². The standard InChI is InChI=1S/C15H16N2O4/c1-19-13-6-11(12(16)7-14(13)20-2)15(18)21-9-10-4-3-5-17-8-10/h3-8H,9,16H2,1-2H3. The molecule has 110 valence electrons. The zero-order valence-electron chi connectivity index (χ0n) is 11.8. The van der Waals surface area contributed by atoms with Gasteiger partial charge < -0.3 is 19.9 Å². The van der Waals surface area contributed by atoms with E-state index in [9.17, 15) is 4.79 Å². The van der Waals surface area contributed by atoms with E-state index in [-0.39, 0.29) is 17.9 Å². The monoisotopic (exact) mass is 288 g/mol. The number of methoxy groups -OCH3 is 2. The molecule has 0 amide bonds. The molecule has 0 aliphatic heterocycles. The summed E-state index contributed by atoms with van der Waals surface area (Å²) in [5.41, 5.74) is 7.14. The third kappa shape index (κ3) is 3.42. The summed E-state index contributed by atoms with van der Waals surface area (Å²) in [5, 5.41) is 0. The molecule has 2 rings (SSSR count). The molecular formula is C15H16N2O4.